The van der Waals surface area contributed by atoms with E-state index in [1.807, 2.05) is 24.3 Å². The zero-order valence-corrected chi connectivity index (χ0v) is 13.9. The average molecular weight is 329 g/mol. The van der Waals surface area contributed by atoms with Crippen molar-refractivity contribution < 1.29 is 19.0 Å². The molecular weight excluding hydrogens is 309 g/mol. The van der Waals surface area contributed by atoms with Crippen LogP contribution in [0.25, 0.3) is 0 Å². The third-order valence-electron chi connectivity index (χ3n) is 4.45. The van der Waals surface area contributed by atoms with Gasteiger partial charge in [0.1, 0.15) is 23.3 Å². The lowest BCUT2D eigenvalue weighted by atomic mass is 9.85. The van der Waals surface area contributed by atoms with Crippen LogP contribution in [-0.2, 0) is 0 Å². The summed E-state index contributed by atoms with van der Waals surface area (Å²) in [5.74, 6) is -0.0325. The molecule has 1 aliphatic heterocycles. The fourth-order valence-electron chi connectivity index (χ4n) is 3.05. The van der Waals surface area contributed by atoms with Gasteiger partial charge in [0, 0.05) is 18.2 Å². The molecule has 1 aliphatic rings. The monoisotopic (exact) mass is 329 g/mol. The van der Waals surface area contributed by atoms with Crippen LogP contribution in [0.2, 0.25) is 0 Å². The molecule has 0 saturated heterocycles. The average Bonchev–Trinajstić information content (AvgIpc) is 2.55. The highest BCUT2D eigenvalue weighted by Crippen LogP contribution is 2.42. The number of fused-ring (bicyclic) bond motifs is 1. The molecule has 0 aliphatic carbocycles. The first-order valence-electron chi connectivity index (χ1n) is 7.80. The number of amides is 1. The molecular formula is C19H20FNO3. The van der Waals surface area contributed by atoms with Gasteiger partial charge < -0.3 is 14.7 Å². The first kappa shape index (κ1) is 16.5. The lowest BCUT2D eigenvalue weighted by Gasteiger charge is -2.45. The van der Waals surface area contributed by atoms with Crippen LogP contribution in [-0.4, -0.2) is 34.7 Å². The summed E-state index contributed by atoms with van der Waals surface area (Å²) in [5.41, 5.74) is 0.284. The van der Waals surface area contributed by atoms with Gasteiger partial charge in [-0.1, -0.05) is 18.2 Å². The van der Waals surface area contributed by atoms with Gasteiger partial charge in [-0.15, -0.1) is 0 Å². The Kier molecular flexibility index (Phi) is 4.05. The molecule has 0 spiro atoms. The number of carbonyl (C=O) groups is 1. The van der Waals surface area contributed by atoms with Gasteiger partial charge in [-0.25, -0.2) is 4.39 Å². The Morgan fingerprint density at radius 2 is 1.79 bits per heavy atom. The molecule has 5 heteroatoms. The van der Waals surface area contributed by atoms with Gasteiger partial charge in [-0.3, -0.25) is 4.79 Å². The van der Waals surface area contributed by atoms with E-state index < -0.39 is 23.6 Å². The van der Waals surface area contributed by atoms with Crippen molar-refractivity contribution in [3.63, 3.8) is 0 Å². The molecule has 0 aromatic heterocycles. The highest BCUT2D eigenvalue weighted by atomic mass is 19.1. The van der Waals surface area contributed by atoms with Gasteiger partial charge >= 0.3 is 0 Å². The highest BCUT2D eigenvalue weighted by Gasteiger charge is 2.45. The SMILES string of the molecule is CN(C(=O)c1ccc(F)cc1)[C@@H]1c2ccccc2OC(C)(C)[C@H]1O. The molecule has 4 nitrogen and oxygen atoms in total. The Balaban J connectivity index is 2.00. The largest absolute Gasteiger partial charge is 0.485 e. The molecule has 1 heterocycles. The van der Waals surface area contributed by atoms with E-state index in [0.717, 1.165) is 5.56 Å². The van der Waals surface area contributed by atoms with Crippen molar-refractivity contribution in [1.82, 2.24) is 4.90 Å². The number of hydrogen-bond acceptors (Lipinski definition) is 3. The quantitative estimate of drug-likeness (QED) is 0.921. The Morgan fingerprint density at radius 3 is 2.46 bits per heavy atom. The molecule has 0 saturated carbocycles. The van der Waals surface area contributed by atoms with Crippen LogP contribution in [0.5, 0.6) is 5.75 Å². The van der Waals surface area contributed by atoms with Gasteiger partial charge in [-0.2, -0.15) is 0 Å². The normalized spacial score (nSPS) is 21.5. The number of likely N-dealkylation sites (N-methyl/N-ethyl adjacent to an activating group) is 1. The van der Waals surface area contributed by atoms with Gasteiger partial charge in [-0.05, 0) is 44.2 Å². The third-order valence-corrected chi connectivity index (χ3v) is 4.45. The van der Waals surface area contributed by atoms with Crippen molar-refractivity contribution in [3.05, 3.63) is 65.5 Å². The summed E-state index contributed by atoms with van der Waals surface area (Å²) in [6.45, 7) is 3.58. The van der Waals surface area contributed by atoms with Crippen molar-refractivity contribution in [2.24, 2.45) is 0 Å². The number of ether oxygens (including phenoxy) is 1. The lowest BCUT2D eigenvalue weighted by molar-refractivity contribution is -0.0830. The Morgan fingerprint density at radius 1 is 1.17 bits per heavy atom. The molecule has 0 radical (unpaired) electrons. The van der Waals surface area contributed by atoms with Crippen LogP contribution < -0.4 is 4.74 Å². The molecule has 2 aromatic rings. The summed E-state index contributed by atoms with van der Waals surface area (Å²) in [7, 11) is 1.64. The van der Waals surface area contributed by atoms with Crippen molar-refractivity contribution in [1.29, 1.82) is 0 Å². The first-order valence-corrected chi connectivity index (χ1v) is 7.80. The van der Waals surface area contributed by atoms with E-state index in [1.165, 1.54) is 29.2 Å². The van der Waals surface area contributed by atoms with Crippen LogP contribution >= 0.6 is 0 Å². The lowest BCUT2D eigenvalue weighted by Crippen LogP contribution is -2.53. The molecule has 1 amide bonds. The fourth-order valence-corrected chi connectivity index (χ4v) is 3.05. The summed E-state index contributed by atoms with van der Waals surface area (Å²) in [5, 5.41) is 10.8. The Bertz CT molecular complexity index is 757. The zero-order chi connectivity index (χ0) is 17.5. The minimum absolute atomic E-state index is 0.286. The molecule has 24 heavy (non-hydrogen) atoms. The van der Waals surface area contributed by atoms with Gasteiger partial charge in [0.25, 0.3) is 5.91 Å². The van der Waals surface area contributed by atoms with Crippen LogP contribution in [0.15, 0.2) is 48.5 Å². The molecule has 0 bridgehead atoms. The molecule has 2 atom stereocenters. The molecule has 0 fully saturated rings. The number of halogens is 1. The topological polar surface area (TPSA) is 49.8 Å². The third kappa shape index (κ3) is 2.76. The van der Waals surface area contributed by atoms with E-state index >= 15 is 0 Å². The number of carbonyl (C=O) groups excluding carboxylic acids is 1. The second-order valence-electron chi connectivity index (χ2n) is 6.56. The van der Waals surface area contributed by atoms with Gasteiger partial charge in [0.15, 0.2) is 0 Å². The van der Waals surface area contributed by atoms with Crippen molar-refractivity contribution in [2.75, 3.05) is 7.05 Å². The van der Waals surface area contributed by atoms with Crippen molar-refractivity contribution in [2.45, 2.75) is 31.6 Å². The summed E-state index contributed by atoms with van der Waals surface area (Å²) >= 11 is 0. The van der Waals surface area contributed by atoms with Crippen LogP contribution in [0.1, 0.15) is 35.8 Å². The number of rotatable bonds is 2. The van der Waals surface area contributed by atoms with E-state index in [0.29, 0.717) is 11.3 Å². The van der Waals surface area contributed by atoms with Gasteiger partial charge in [0.05, 0.1) is 6.04 Å². The fraction of sp³-hybridized carbons (Fsp3) is 0.316. The number of aliphatic hydroxyl groups is 1. The number of benzene rings is 2. The predicted molar refractivity (Wildman–Crippen MR) is 88.4 cm³/mol. The maximum absolute atomic E-state index is 13.1. The summed E-state index contributed by atoms with van der Waals surface area (Å²) in [6, 6.07) is 12.2. The van der Waals surface area contributed by atoms with E-state index in [-0.39, 0.29) is 5.91 Å². The number of aliphatic hydroxyl groups excluding tert-OH is 1. The van der Waals surface area contributed by atoms with Crippen LogP contribution in [0.3, 0.4) is 0 Å². The number of nitrogens with zero attached hydrogens (tertiary/aromatic N) is 1. The minimum atomic E-state index is -0.901. The Labute approximate surface area is 140 Å². The molecule has 126 valence electrons. The second-order valence-corrected chi connectivity index (χ2v) is 6.56. The van der Waals surface area contributed by atoms with E-state index in [4.69, 9.17) is 4.74 Å². The number of hydrogen-bond donors (Lipinski definition) is 1. The molecule has 1 N–H and O–H groups in total. The Hall–Kier alpha value is -2.40. The standard InChI is InChI=1S/C19H20FNO3/c1-19(2)17(22)16(14-6-4-5-7-15(14)24-19)21(3)18(23)12-8-10-13(20)11-9-12/h4-11,16-17,22H,1-3H3/t16-,17+/m1/s1. The van der Waals surface area contributed by atoms with E-state index in [2.05, 4.69) is 0 Å². The van der Waals surface area contributed by atoms with Crippen molar-refractivity contribution >= 4 is 5.91 Å². The maximum Gasteiger partial charge on any atom is 0.254 e. The summed E-state index contributed by atoms with van der Waals surface area (Å²) < 4.78 is 19.0. The van der Waals surface area contributed by atoms with Crippen molar-refractivity contribution in [3.8, 4) is 5.75 Å². The van der Waals surface area contributed by atoms with E-state index in [9.17, 15) is 14.3 Å². The second kappa shape index (κ2) is 5.91. The number of para-hydroxylation sites is 1. The van der Waals surface area contributed by atoms with Crippen LogP contribution in [0.4, 0.5) is 4.39 Å². The first-order chi connectivity index (χ1) is 11.3. The molecule has 2 aromatic carbocycles. The van der Waals surface area contributed by atoms with E-state index in [1.54, 1.807) is 20.9 Å². The maximum atomic E-state index is 13.1. The zero-order valence-electron chi connectivity index (χ0n) is 13.9. The van der Waals surface area contributed by atoms with Crippen LogP contribution in [0, 0.1) is 5.82 Å². The smallest absolute Gasteiger partial charge is 0.254 e. The summed E-state index contributed by atoms with van der Waals surface area (Å²) in [4.78, 5) is 14.3. The van der Waals surface area contributed by atoms with Gasteiger partial charge in [0.2, 0.25) is 0 Å². The summed E-state index contributed by atoms with van der Waals surface area (Å²) in [6.07, 6.45) is -0.901. The molecule has 3 rings (SSSR count). The minimum Gasteiger partial charge on any atom is -0.485 e. The molecule has 0 unspecified atom stereocenters. The predicted octanol–water partition coefficient (Wildman–Crippen LogP) is 3.17. The highest BCUT2D eigenvalue weighted by molar-refractivity contribution is 5.94.